The summed E-state index contributed by atoms with van der Waals surface area (Å²) in [6, 6.07) is 0.892. The Bertz CT molecular complexity index is 178. The fraction of sp³-hybridized carbons (Fsp3) is 1.00. The summed E-state index contributed by atoms with van der Waals surface area (Å²) in [7, 11) is 0. The van der Waals surface area contributed by atoms with Crippen molar-refractivity contribution < 1.29 is 0 Å². The van der Waals surface area contributed by atoms with E-state index in [9.17, 15) is 0 Å². The third-order valence-corrected chi connectivity index (χ3v) is 4.48. The second-order valence-corrected chi connectivity index (χ2v) is 6.01. The highest BCUT2D eigenvalue weighted by Gasteiger charge is 2.24. The van der Waals surface area contributed by atoms with Gasteiger partial charge in [0.15, 0.2) is 0 Å². The van der Waals surface area contributed by atoms with Crippen LogP contribution in [0.2, 0.25) is 0 Å². The van der Waals surface area contributed by atoms with E-state index in [1.54, 1.807) is 0 Å². The topological polar surface area (TPSA) is 12.0 Å². The van der Waals surface area contributed by atoms with Gasteiger partial charge < -0.3 is 5.32 Å². The Balaban J connectivity index is 1.59. The van der Waals surface area contributed by atoms with E-state index < -0.39 is 0 Å². The Morgan fingerprint density at radius 3 is 2.33 bits per heavy atom. The fourth-order valence-corrected chi connectivity index (χ4v) is 2.89. The molecule has 0 aromatic heterocycles. The van der Waals surface area contributed by atoms with Gasteiger partial charge in [0.2, 0.25) is 0 Å². The van der Waals surface area contributed by atoms with Crippen molar-refractivity contribution in [2.45, 2.75) is 64.8 Å². The van der Waals surface area contributed by atoms with Gasteiger partial charge in [-0.2, -0.15) is 0 Å². The Labute approximate surface area is 95.0 Å². The Morgan fingerprint density at radius 2 is 1.73 bits per heavy atom. The average molecular weight is 209 g/mol. The summed E-state index contributed by atoms with van der Waals surface area (Å²) < 4.78 is 0. The molecule has 2 fully saturated rings. The predicted molar refractivity (Wildman–Crippen MR) is 65.9 cm³/mol. The molecule has 1 nitrogen and oxygen atoms in total. The van der Waals surface area contributed by atoms with E-state index in [4.69, 9.17) is 0 Å². The molecule has 0 saturated heterocycles. The average Bonchev–Trinajstić information content (AvgIpc) is 3.02. The van der Waals surface area contributed by atoms with Crippen molar-refractivity contribution >= 4 is 0 Å². The summed E-state index contributed by atoms with van der Waals surface area (Å²) in [6.07, 6.45) is 10.2. The van der Waals surface area contributed by atoms with Gasteiger partial charge in [0.05, 0.1) is 0 Å². The predicted octanol–water partition coefficient (Wildman–Crippen LogP) is 3.59. The third kappa shape index (κ3) is 3.79. The number of hydrogen-bond donors (Lipinski definition) is 1. The van der Waals surface area contributed by atoms with Gasteiger partial charge in [-0.05, 0) is 56.4 Å². The molecular weight excluding hydrogens is 182 g/mol. The largest absolute Gasteiger partial charge is 0.314 e. The van der Waals surface area contributed by atoms with Gasteiger partial charge in [-0.1, -0.05) is 26.7 Å². The molecule has 88 valence electrons. The Hall–Kier alpha value is -0.0400. The van der Waals surface area contributed by atoms with Crippen molar-refractivity contribution in [3.8, 4) is 0 Å². The van der Waals surface area contributed by atoms with Crippen LogP contribution in [0.5, 0.6) is 0 Å². The lowest BCUT2D eigenvalue weighted by molar-refractivity contribution is 0.214. The van der Waals surface area contributed by atoms with E-state index in [0.29, 0.717) is 0 Å². The van der Waals surface area contributed by atoms with Crippen LogP contribution in [0.25, 0.3) is 0 Å². The van der Waals surface area contributed by atoms with E-state index in [-0.39, 0.29) is 0 Å². The molecule has 1 atom stereocenters. The van der Waals surface area contributed by atoms with E-state index in [0.717, 1.165) is 23.8 Å². The van der Waals surface area contributed by atoms with Gasteiger partial charge in [-0.25, -0.2) is 0 Å². The summed E-state index contributed by atoms with van der Waals surface area (Å²) >= 11 is 0. The molecule has 1 heteroatoms. The standard InChI is InChI=1S/C14H27N/c1-11-3-5-13(6-4-11)12(2)9-10-15-14-7-8-14/h11-15H,3-10H2,1-2H3. The Morgan fingerprint density at radius 1 is 1.07 bits per heavy atom. The maximum atomic E-state index is 3.64. The highest BCUT2D eigenvalue weighted by Crippen LogP contribution is 2.34. The molecule has 0 amide bonds. The van der Waals surface area contributed by atoms with E-state index in [2.05, 4.69) is 19.2 Å². The van der Waals surface area contributed by atoms with Crippen LogP contribution < -0.4 is 5.32 Å². The van der Waals surface area contributed by atoms with Crippen LogP contribution in [0.1, 0.15) is 58.8 Å². The summed E-state index contributed by atoms with van der Waals surface area (Å²) in [5.74, 6) is 2.98. The molecule has 2 aliphatic carbocycles. The van der Waals surface area contributed by atoms with Crippen LogP contribution in [0.4, 0.5) is 0 Å². The smallest absolute Gasteiger partial charge is 0.00682 e. The van der Waals surface area contributed by atoms with Crippen molar-refractivity contribution in [2.75, 3.05) is 6.54 Å². The highest BCUT2D eigenvalue weighted by atomic mass is 14.9. The lowest BCUT2D eigenvalue weighted by Gasteiger charge is -2.30. The van der Waals surface area contributed by atoms with Crippen molar-refractivity contribution in [1.82, 2.24) is 5.32 Å². The lowest BCUT2D eigenvalue weighted by Crippen LogP contribution is -2.24. The minimum Gasteiger partial charge on any atom is -0.314 e. The molecular formula is C14H27N. The minimum absolute atomic E-state index is 0.892. The minimum atomic E-state index is 0.892. The van der Waals surface area contributed by atoms with Crippen molar-refractivity contribution in [3.63, 3.8) is 0 Å². The molecule has 0 aromatic rings. The highest BCUT2D eigenvalue weighted by molar-refractivity contribution is 4.81. The molecule has 2 rings (SSSR count). The van der Waals surface area contributed by atoms with Crippen LogP contribution in [0, 0.1) is 17.8 Å². The zero-order chi connectivity index (χ0) is 10.7. The zero-order valence-electron chi connectivity index (χ0n) is 10.5. The van der Waals surface area contributed by atoms with E-state index >= 15 is 0 Å². The molecule has 0 spiro atoms. The summed E-state index contributed by atoms with van der Waals surface area (Å²) in [5, 5.41) is 3.64. The van der Waals surface area contributed by atoms with Crippen molar-refractivity contribution in [2.24, 2.45) is 17.8 Å². The third-order valence-electron chi connectivity index (χ3n) is 4.48. The molecule has 2 saturated carbocycles. The number of nitrogens with one attached hydrogen (secondary N) is 1. The van der Waals surface area contributed by atoms with Gasteiger partial charge in [0.25, 0.3) is 0 Å². The molecule has 0 radical (unpaired) electrons. The molecule has 0 heterocycles. The van der Waals surface area contributed by atoms with Gasteiger partial charge in [0.1, 0.15) is 0 Å². The second kappa shape index (κ2) is 5.34. The van der Waals surface area contributed by atoms with Crippen LogP contribution in [0.15, 0.2) is 0 Å². The van der Waals surface area contributed by atoms with Gasteiger partial charge in [0, 0.05) is 6.04 Å². The summed E-state index contributed by atoms with van der Waals surface area (Å²) in [6.45, 7) is 6.14. The maximum absolute atomic E-state index is 3.64. The molecule has 1 N–H and O–H groups in total. The first-order chi connectivity index (χ1) is 7.25. The molecule has 0 aliphatic heterocycles. The number of hydrogen-bond acceptors (Lipinski definition) is 1. The van der Waals surface area contributed by atoms with Gasteiger partial charge in [-0.3, -0.25) is 0 Å². The molecule has 1 unspecified atom stereocenters. The first-order valence-electron chi connectivity index (χ1n) is 6.99. The lowest BCUT2D eigenvalue weighted by atomic mass is 9.76. The zero-order valence-corrected chi connectivity index (χ0v) is 10.5. The van der Waals surface area contributed by atoms with Crippen LogP contribution >= 0.6 is 0 Å². The SMILES string of the molecule is CC1CCC(C(C)CCNC2CC2)CC1. The van der Waals surface area contributed by atoms with E-state index in [1.807, 2.05) is 0 Å². The van der Waals surface area contributed by atoms with Crippen molar-refractivity contribution in [1.29, 1.82) is 0 Å². The molecule has 2 aliphatic rings. The summed E-state index contributed by atoms with van der Waals surface area (Å²) in [4.78, 5) is 0. The molecule has 0 aromatic carbocycles. The Kier molecular flexibility index (Phi) is 4.07. The maximum Gasteiger partial charge on any atom is 0.00682 e. The quantitative estimate of drug-likeness (QED) is 0.729. The molecule has 15 heavy (non-hydrogen) atoms. The monoisotopic (exact) mass is 209 g/mol. The van der Waals surface area contributed by atoms with Crippen molar-refractivity contribution in [3.05, 3.63) is 0 Å². The fourth-order valence-electron chi connectivity index (χ4n) is 2.89. The first kappa shape index (κ1) is 11.4. The van der Waals surface area contributed by atoms with Gasteiger partial charge in [-0.15, -0.1) is 0 Å². The van der Waals surface area contributed by atoms with Gasteiger partial charge >= 0.3 is 0 Å². The van der Waals surface area contributed by atoms with Crippen LogP contribution in [0.3, 0.4) is 0 Å². The van der Waals surface area contributed by atoms with Crippen LogP contribution in [-0.4, -0.2) is 12.6 Å². The molecule has 0 bridgehead atoms. The summed E-state index contributed by atoms with van der Waals surface area (Å²) in [5.41, 5.74) is 0. The normalized spacial score (nSPS) is 34.0. The van der Waals surface area contributed by atoms with Crippen LogP contribution in [-0.2, 0) is 0 Å². The number of rotatable bonds is 5. The second-order valence-electron chi connectivity index (χ2n) is 6.01. The van der Waals surface area contributed by atoms with E-state index in [1.165, 1.54) is 51.5 Å². The first-order valence-corrected chi connectivity index (χ1v) is 6.99.